The quantitative estimate of drug-likeness (QED) is 0.644. The van der Waals surface area contributed by atoms with Crippen LogP contribution in [0.15, 0.2) is 40.7 Å². The maximum atomic E-state index is 12.7. The molecule has 1 amide bonds. The van der Waals surface area contributed by atoms with Crippen molar-refractivity contribution in [3.63, 3.8) is 0 Å². The van der Waals surface area contributed by atoms with Gasteiger partial charge in [-0.25, -0.2) is 13.4 Å². The molecule has 8 nitrogen and oxygen atoms in total. The van der Waals surface area contributed by atoms with Crippen molar-refractivity contribution in [3.8, 4) is 0 Å². The van der Waals surface area contributed by atoms with Crippen LogP contribution in [0.4, 0.5) is 10.8 Å². The zero-order valence-corrected chi connectivity index (χ0v) is 17.0. The molecule has 1 saturated heterocycles. The minimum absolute atomic E-state index is 0. The topological polar surface area (TPSA) is 109 Å². The van der Waals surface area contributed by atoms with Crippen molar-refractivity contribution in [2.45, 2.75) is 23.3 Å². The lowest BCUT2D eigenvalue weighted by Gasteiger charge is -2.34. The van der Waals surface area contributed by atoms with Crippen LogP contribution in [0.2, 0.25) is 0 Å². The summed E-state index contributed by atoms with van der Waals surface area (Å²) in [6, 6.07) is 6.10. The van der Waals surface area contributed by atoms with Gasteiger partial charge in [-0.1, -0.05) is 6.07 Å². The Labute approximate surface area is 168 Å². The minimum atomic E-state index is -3.78. The van der Waals surface area contributed by atoms with Gasteiger partial charge in [0.25, 0.3) is 15.9 Å². The number of halogens is 1. The molecule has 1 fully saturated rings. The largest absolute Gasteiger partial charge is 0.368 e. The third-order valence-electron chi connectivity index (χ3n) is 4.27. The third-order valence-corrected chi connectivity index (χ3v) is 6.43. The Bertz CT molecular complexity index is 868. The summed E-state index contributed by atoms with van der Waals surface area (Å²) >= 11 is 1.19. The summed E-state index contributed by atoms with van der Waals surface area (Å²) in [5, 5.41) is 7.93. The fourth-order valence-corrected chi connectivity index (χ4v) is 4.62. The Morgan fingerprint density at radius 3 is 2.70 bits per heavy atom. The maximum Gasteiger partial charge on any atom is 0.263 e. The van der Waals surface area contributed by atoms with Gasteiger partial charge in [0.1, 0.15) is 5.60 Å². The minimum Gasteiger partial charge on any atom is -0.368 e. The Hall–Kier alpha value is -1.72. The van der Waals surface area contributed by atoms with Crippen molar-refractivity contribution in [2.24, 2.45) is 0 Å². The van der Waals surface area contributed by atoms with E-state index < -0.39 is 15.6 Å². The Kier molecular flexibility index (Phi) is 7.18. The highest BCUT2D eigenvalue weighted by Crippen LogP contribution is 2.26. The van der Waals surface area contributed by atoms with E-state index in [1.807, 2.05) is 0 Å². The number of anilines is 2. The molecule has 1 aliphatic heterocycles. The number of carbonyl (C=O) groups excluding carboxylic acids is 1. The number of ether oxygens (including phenoxy) is 1. The second kappa shape index (κ2) is 8.98. The van der Waals surface area contributed by atoms with E-state index in [9.17, 15) is 13.2 Å². The molecule has 148 valence electrons. The summed E-state index contributed by atoms with van der Waals surface area (Å²) in [4.78, 5) is 16.7. The van der Waals surface area contributed by atoms with Gasteiger partial charge in [-0.2, -0.15) is 0 Å². The van der Waals surface area contributed by atoms with E-state index in [2.05, 4.69) is 20.3 Å². The number of carbonyl (C=O) groups is 1. The number of aromatic nitrogens is 1. The van der Waals surface area contributed by atoms with E-state index in [4.69, 9.17) is 4.74 Å². The van der Waals surface area contributed by atoms with Crippen molar-refractivity contribution in [1.29, 1.82) is 0 Å². The van der Waals surface area contributed by atoms with E-state index in [1.165, 1.54) is 36.8 Å². The number of hydrogen-bond donors (Lipinski definition) is 3. The zero-order valence-electron chi connectivity index (χ0n) is 14.6. The van der Waals surface area contributed by atoms with E-state index >= 15 is 0 Å². The number of benzene rings is 1. The SMILES string of the molecule is COC1(C(=O)Nc2cccc(S(=O)(=O)Nc3nccs3)c2)CCNCC1.Cl. The molecule has 2 heterocycles. The standard InChI is InChI=1S/C16H20N4O4S2.ClH/c1-24-16(5-7-17-8-6-16)14(21)19-12-3-2-4-13(11-12)26(22,23)20-15-18-9-10-25-15;/h2-4,9-11,17H,5-8H2,1H3,(H,18,20)(H,19,21);1H. The summed E-state index contributed by atoms with van der Waals surface area (Å²) in [7, 11) is -2.26. The van der Waals surface area contributed by atoms with Crippen molar-refractivity contribution >= 4 is 50.5 Å². The van der Waals surface area contributed by atoms with Gasteiger partial charge < -0.3 is 15.4 Å². The molecule has 0 aliphatic carbocycles. The van der Waals surface area contributed by atoms with E-state index in [0.29, 0.717) is 31.6 Å². The number of hydrogen-bond acceptors (Lipinski definition) is 7. The molecule has 2 aromatic rings. The van der Waals surface area contributed by atoms with Crippen LogP contribution in [0.5, 0.6) is 0 Å². The molecule has 0 bridgehead atoms. The first-order valence-corrected chi connectivity index (χ1v) is 10.4. The average molecular weight is 433 g/mol. The predicted molar refractivity (Wildman–Crippen MR) is 107 cm³/mol. The Balaban J connectivity index is 0.00000261. The highest BCUT2D eigenvalue weighted by molar-refractivity contribution is 7.93. The van der Waals surface area contributed by atoms with Gasteiger partial charge in [0.2, 0.25) is 0 Å². The molecule has 0 saturated carbocycles. The number of sulfonamides is 1. The maximum absolute atomic E-state index is 12.7. The highest BCUT2D eigenvalue weighted by atomic mass is 35.5. The van der Waals surface area contributed by atoms with Crippen LogP contribution in [0.25, 0.3) is 0 Å². The summed E-state index contributed by atoms with van der Waals surface area (Å²) in [6.07, 6.45) is 2.63. The van der Waals surface area contributed by atoms with Crippen LogP contribution in [-0.2, 0) is 19.6 Å². The fourth-order valence-electron chi connectivity index (χ4n) is 2.79. The third kappa shape index (κ3) is 4.96. The van der Waals surface area contributed by atoms with Gasteiger partial charge in [-0.3, -0.25) is 9.52 Å². The van der Waals surface area contributed by atoms with Crippen LogP contribution >= 0.6 is 23.7 Å². The fraction of sp³-hybridized carbons (Fsp3) is 0.375. The zero-order chi connectivity index (χ0) is 18.6. The first kappa shape index (κ1) is 21.6. The van der Waals surface area contributed by atoms with E-state index in [0.717, 1.165) is 0 Å². The molecule has 0 unspecified atom stereocenters. The Morgan fingerprint density at radius 2 is 2.07 bits per heavy atom. The molecule has 0 atom stereocenters. The lowest BCUT2D eigenvalue weighted by atomic mass is 9.91. The lowest BCUT2D eigenvalue weighted by molar-refractivity contribution is -0.140. The molecule has 1 aromatic heterocycles. The number of nitrogens with one attached hydrogen (secondary N) is 3. The van der Waals surface area contributed by atoms with E-state index in [-0.39, 0.29) is 28.3 Å². The van der Waals surface area contributed by atoms with Crippen molar-refractivity contribution < 1.29 is 17.9 Å². The second-order valence-electron chi connectivity index (χ2n) is 5.87. The van der Waals surface area contributed by atoms with Gasteiger partial charge in [-0.05, 0) is 44.1 Å². The first-order valence-electron chi connectivity index (χ1n) is 8.05. The molecule has 3 rings (SSSR count). The van der Waals surface area contributed by atoms with Crippen molar-refractivity contribution in [3.05, 3.63) is 35.8 Å². The summed E-state index contributed by atoms with van der Waals surface area (Å²) in [5.41, 5.74) is -0.508. The van der Waals surface area contributed by atoms with Gasteiger partial charge in [0.05, 0.1) is 4.90 Å². The highest BCUT2D eigenvalue weighted by Gasteiger charge is 2.39. The summed E-state index contributed by atoms with van der Waals surface area (Å²) in [5.74, 6) is -0.274. The monoisotopic (exact) mass is 432 g/mol. The molecule has 3 N–H and O–H groups in total. The number of thiazole rings is 1. The summed E-state index contributed by atoms with van der Waals surface area (Å²) in [6.45, 7) is 1.38. The molecule has 0 spiro atoms. The molecule has 1 aliphatic rings. The smallest absolute Gasteiger partial charge is 0.263 e. The van der Waals surface area contributed by atoms with Crippen LogP contribution in [-0.4, -0.2) is 45.1 Å². The van der Waals surface area contributed by atoms with Crippen LogP contribution in [0.1, 0.15) is 12.8 Å². The van der Waals surface area contributed by atoms with Gasteiger partial charge >= 0.3 is 0 Å². The number of piperidine rings is 1. The molecular weight excluding hydrogens is 412 g/mol. The van der Waals surface area contributed by atoms with Gasteiger partial charge in [-0.15, -0.1) is 23.7 Å². The second-order valence-corrected chi connectivity index (χ2v) is 8.45. The van der Waals surface area contributed by atoms with Gasteiger partial charge in [0.15, 0.2) is 5.13 Å². The molecular formula is C16H21ClN4O4S2. The lowest BCUT2D eigenvalue weighted by Crippen LogP contribution is -2.51. The van der Waals surface area contributed by atoms with Crippen LogP contribution in [0, 0.1) is 0 Å². The molecule has 11 heteroatoms. The average Bonchev–Trinajstić information content (AvgIpc) is 3.14. The molecule has 27 heavy (non-hydrogen) atoms. The predicted octanol–water partition coefficient (Wildman–Crippen LogP) is 2.07. The van der Waals surface area contributed by atoms with E-state index in [1.54, 1.807) is 17.5 Å². The normalized spacial score (nSPS) is 16.2. The van der Waals surface area contributed by atoms with Gasteiger partial charge in [0, 0.05) is 24.4 Å². The number of amides is 1. The number of nitrogens with zero attached hydrogens (tertiary/aromatic N) is 1. The Morgan fingerprint density at radius 1 is 1.33 bits per heavy atom. The summed E-state index contributed by atoms with van der Waals surface area (Å²) < 4.78 is 32.8. The van der Waals surface area contributed by atoms with Crippen LogP contribution < -0.4 is 15.4 Å². The van der Waals surface area contributed by atoms with Crippen molar-refractivity contribution in [2.75, 3.05) is 30.2 Å². The molecule has 0 radical (unpaired) electrons. The number of methoxy groups -OCH3 is 1. The first-order chi connectivity index (χ1) is 12.5. The van der Waals surface area contributed by atoms with Crippen LogP contribution in [0.3, 0.4) is 0 Å². The van der Waals surface area contributed by atoms with Crippen molar-refractivity contribution in [1.82, 2.24) is 10.3 Å². The number of rotatable bonds is 6. The molecule has 1 aromatic carbocycles.